The molecule has 1 fully saturated rings. The molecule has 6 heteroatoms. The minimum Gasteiger partial charge on any atom is -0.497 e. The summed E-state index contributed by atoms with van der Waals surface area (Å²) in [5.74, 6) is 0.899. The molecular formula is C23H29N3O3. The van der Waals surface area contributed by atoms with Crippen LogP contribution in [0.25, 0.3) is 0 Å². The van der Waals surface area contributed by atoms with E-state index in [1.807, 2.05) is 67.5 Å². The van der Waals surface area contributed by atoms with Gasteiger partial charge in [0.15, 0.2) is 0 Å². The Morgan fingerprint density at radius 3 is 2.59 bits per heavy atom. The number of benzene rings is 2. The molecule has 1 aliphatic heterocycles. The van der Waals surface area contributed by atoms with Crippen LogP contribution in [-0.2, 0) is 11.3 Å². The highest BCUT2D eigenvalue weighted by Gasteiger charge is 2.20. The van der Waals surface area contributed by atoms with Crippen molar-refractivity contribution in [1.29, 1.82) is 0 Å². The number of likely N-dealkylation sites (tertiary alicyclic amines) is 1. The second-order valence-corrected chi connectivity index (χ2v) is 7.58. The molecule has 1 unspecified atom stereocenters. The fourth-order valence-corrected chi connectivity index (χ4v) is 3.59. The maximum atomic E-state index is 12.6. The summed E-state index contributed by atoms with van der Waals surface area (Å²) in [6, 6.07) is 15.4. The molecule has 6 nitrogen and oxygen atoms in total. The molecule has 1 heterocycles. The third kappa shape index (κ3) is 5.35. The summed E-state index contributed by atoms with van der Waals surface area (Å²) >= 11 is 0. The predicted molar refractivity (Wildman–Crippen MR) is 113 cm³/mol. The molecule has 3 rings (SSSR count). The Morgan fingerprint density at radius 2 is 1.97 bits per heavy atom. The van der Waals surface area contributed by atoms with Crippen LogP contribution in [0.4, 0.5) is 0 Å². The number of rotatable bonds is 8. The van der Waals surface area contributed by atoms with Crippen molar-refractivity contribution >= 4 is 11.8 Å². The van der Waals surface area contributed by atoms with Crippen LogP contribution in [0.15, 0.2) is 48.5 Å². The predicted octanol–water partition coefficient (Wildman–Crippen LogP) is 2.85. The topological polar surface area (TPSA) is 61.9 Å². The zero-order chi connectivity index (χ0) is 20.8. The van der Waals surface area contributed by atoms with E-state index < -0.39 is 0 Å². The lowest BCUT2D eigenvalue weighted by molar-refractivity contribution is -0.128. The smallest absolute Gasteiger partial charge is 0.251 e. The van der Waals surface area contributed by atoms with Crippen LogP contribution < -0.4 is 10.1 Å². The Labute approximate surface area is 172 Å². The molecule has 2 aromatic rings. The Kier molecular flexibility index (Phi) is 6.88. The summed E-state index contributed by atoms with van der Waals surface area (Å²) in [6.45, 7) is 1.92. The quantitative estimate of drug-likeness (QED) is 0.747. The summed E-state index contributed by atoms with van der Waals surface area (Å²) in [6.07, 6.45) is 1.57. The van der Waals surface area contributed by atoms with Gasteiger partial charge in [-0.1, -0.05) is 24.3 Å². The second kappa shape index (κ2) is 9.56. The zero-order valence-corrected chi connectivity index (χ0v) is 17.4. The molecule has 154 valence electrons. The summed E-state index contributed by atoms with van der Waals surface area (Å²) in [5, 5.41) is 3.03. The minimum atomic E-state index is -0.108. The normalized spacial score (nSPS) is 14.9. The summed E-state index contributed by atoms with van der Waals surface area (Å²) in [7, 11) is 5.63. The van der Waals surface area contributed by atoms with Crippen molar-refractivity contribution in [2.45, 2.75) is 25.4 Å². The summed E-state index contributed by atoms with van der Waals surface area (Å²) in [4.78, 5) is 28.3. The Morgan fingerprint density at radius 1 is 1.21 bits per heavy atom. The van der Waals surface area contributed by atoms with Crippen molar-refractivity contribution in [3.63, 3.8) is 0 Å². The van der Waals surface area contributed by atoms with Crippen molar-refractivity contribution in [3.05, 3.63) is 65.2 Å². The Bertz CT molecular complexity index is 849. The van der Waals surface area contributed by atoms with Gasteiger partial charge in [0.1, 0.15) is 5.75 Å². The molecule has 2 aromatic carbocycles. The largest absolute Gasteiger partial charge is 0.497 e. The third-order valence-corrected chi connectivity index (χ3v) is 5.32. The first-order valence-corrected chi connectivity index (χ1v) is 9.93. The highest BCUT2D eigenvalue weighted by molar-refractivity contribution is 5.94. The molecule has 1 N–H and O–H groups in total. The van der Waals surface area contributed by atoms with E-state index in [0.29, 0.717) is 25.1 Å². The molecule has 0 bridgehead atoms. The Hall–Kier alpha value is -2.86. The van der Waals surface area contributed by atoms with Crippen LogP contribution in [0, 0.1) is 0 Å². The van der Waals surface area contributed by atoms with E-state index in [4.69, 9.17) is 4.74 Å². The van der Waals surface area contributed by atoms with Crippen molar-refractivity contribution in [2.75, 3.05) is 34.3 Å². The number of hydrogen-bond donors (Lipinski definition) is 1. The number of carbonyl (C=O) groups excluding carboxylic acids is 2. The highest BCUT2D eigenvalue weighted by Crippen LogP contribution is 2.22. The zero-order valence-electron chi connectivity index (χ0n) is 17.4. The fraction of sp³-hybridized carbons (Fsp3) is 0.391. The van der Waals surface area contributed by atoms with E-state index in [-0.39, 0.29) is 17.9 Å². The monoisotopic (exact) mass is 395 g/mol. The van der Waals surface area contributed by atoms with Gasteiger partial charge in [-0.25, -0.2) is 0 Å². The molecule has 0 aliphatic carbocycles. The average molecular weight is 396 g/mol. The maximum Gasteiger partial charge on any atom is 0.251 e. The molecule has 1 atom stereocenters. The average Bonchev–Trinajstić information content (AvgIpc) is 3.13. The van der Waals surface area contributed by atoms with E-state index in [0.717, 1.165) is 29.8 Å². The highest BCUT2D eigenvalue weighted by atomic mass is 16.5. The van der Waals surface area contributed by atoms with Crippen molar-refractivity contribution in [2.24, 2.45) is 0 Å². The van der Waals surface area contributed by atoms with Gasteiger partial charge in [-0.2, -0.15) is 0 Å². The van der Waals surface area contributed by atoms with Gasteiger partial charge >= 0.3 is 0 Å². The van der Waals surface area contributed by atoms with Crippen LogP contribution in [0.1, 0.15) is 40.4 Å². The van der Waals surface area contributed by atoms with Crippen molar-refractivity contribution in [1.82, 2.24) is 15.1 Å². The second-order valence-electron chi connectivity index (χ2n) is 7.58. The van der Waals surface area contributed by atoms with Gasteiger partial charge in [0.25, 0.3) is 5.91 Å². The number of likely N-dealkylation sites (N-methyl/N-ethyl adjacent to an activating group) is 1. The van der Waals surface area contributed by atoms with E-state index in [9.17, 15) is 9.59 Å². The first-order chi connectivity index (χ1) is 14.0. The van der Waals surface area contributed by atoms with Gasteiger partial charge in [-0.05, 0) is 55.9 Å². The standard InChI is InChI=1S/C23H29N3O3/c1-25(2)21(19-6-4-7-20(14-19)29-3)15-24-23(28)18-11-9-17(10-12-18)16-26-13-5-8-22(26)27/h4,6-7,9-12,14,21H,5,8,13,15-16H2,1-3H3,(H,24,28). The van der Waals surface area contributed by atoms with Gasteiger partial charge in [-0.15, -0.1) is 0 Å². The van der Waals surface area contributed by atoms with Crippen LogP contribution in [-0.4, -0.2) is 55.9 Å². The van der Waals surface area contributed by atoms with Gasteiger partial charge in [0, 0.05) is 31.6 Å². The first-order valence-electron chi connectivity index (χ1n) is 9.93. The van der Waals surface area contributed by atoms with E-state index in [1.165, 1.54) is 0 Å². The minimum absolute atomic E-state index is 0.0366. The fourth-order valence-electron chi connectivity index (χ4n) is 3.59. The SMILES string of the molecule is COc1cccc(C(CNC(=O)c2ccc(CN3CCCC3=O)cc2)N(C)C)c1. The maximum absolute atomic E-state index is 12.6. The summed E-state index contributed by atoms with van der Waals surface area (Å²) < 4.78 is 5.31. The number of nitrogens with one attached hydrogen (secondary N) is 1. The van der Waals surface area contributed by atoms with Gasteiger partial charge in [0.05, 0.1) is 13.2 Å². The van der Waals surface area contributed by atoms with Crippen molar-refractivity contribution in [3.8, 4) is 5.75 Å². The molecule has 1 saturated heterocycles. The van der Waals surface area contributed by atoms with Gasteiger partial charge < -0.3 is 19.9 Å². The number of carbonyl (C=O) groups is 2. The Balaban J connectivity index is 1.60. The molecule has 2 amide bonds. The van der Waals surface area contributed by atoms with E-state index >= 15 is 0 Å². The molecule has 0 aromatic heterocycles. The molecule has 0 saturated carbocycles. The van der Waals surface area contributed by atoms with Crippen LogP contribution in [0.5, 0.6) is 5.75 Å². The summed E-state index contributed by atoms with van der Waals surface area (Å²) in [5.41, 5.74) is 2.74. The number of methoxy groups -OCH3 is 1. The lowest BCUT2D eigenvalue weighted by Gasteiger charge is -2.25. The number of ether oxygens (including phenoxy) is 1. The van der Waals surface area contributed by atoms with Crippen LogP contribution in [0.3, 0.4) is 0 Å². The third-order valence-electron chi connectivity index (χ3n) is 5.32. The van der Waals surface area contributed by atoms with E-state index in [2.05, 4.69) is 10.2 Å². The van der Waals surface area contributed by atoms with Gasteiger partial charge in [-0.3, -0.25) is 9.59 Å². The van der Waals surface area contributed by atoms with Crippen molar-refractivity contribution < 1.29 is 14.3 Å². The van der Waals surface area contributed by atoms with E-state index in [1.54, 1.807) is 7.11 Å². The molecule has 0 radical (unpaired) electrons. The number of hydrogen-bond acceptors (Lipinski definition) is 4. The molecular weight excluding hydrogens is 366 g/mol. The molecule has 29 heavy (non-hydrogen) atoms. The molecule has 0 spiro atoms. The first kappa shape index (κ1) is 20.9. The lowest BCUT2D eigenvalue weighted by Crippen LogP contribution is -2.34. The van der Waals surface area contributed by atoms with Gasteiger partial charge in [0.2, 0.25) is 5.91 Å². The van der Waals surface area contributed by atoms with Crippen LogP contribution >= 0.6 is 0 Å². The molecule has 1 aliphatic rings. The lowest BCUT2D eigenvalue weighted by atomic mass is 10.1. The number of amides is 2. The number of nitrogens with zero attached hydrogens (tertiary/aromatic N) is 2. The van der Waals surface area contributed by atoms with Crippen LogP contribution in [0.2, 0.25) is 0 Å².